The number of amides is 2. The Morgan fingerprint density at radius 1 is 0.958 bits per heavy atom. The van der Waals surface area contributed by atoms with E-state index >= 15 is 0 Å². The number of hydrogen-bond acceptors (Lipinski definition) is 3. The van der Waals surface area contributed by atoms with Crippen LogP contribution in [0.3, 0.4) is 0 Å². The molecule has 0 atom stereocenters. The largest absolute Gasteiger partial charge is 0.298 e. The van der Waals surface area contributed by atoms with Gasteiger partial charge in [-0.2, -0.15) is 0 Å². The van der Waals surface area contributed by atoms with E-state index in [9.17, 15) is 9.59 Å². The van der Waals surface area contributed by atoms with Crippen LogP contribution in [0.2, 0.25) is 0 Å². The first-order valence-electron chi connectivity index (χ1n) is 9.33. The summed E-state index contributed by atoms with van der Waals surface area (Å²) in [6.07, 6.45) is 7.04. The van der Waals surface area contributed by atoms with E-state index in [1.54, 1.807) is 12.1 Å². The van der Waals surface area contributed by atoms with Gasteiger partial charge in [0, 0.05) is 12.1 Å². The minimum atomic E-state index is -0.124. The molecule has 1 aromatic carbocycles. The molecular formula is C20H28N2O2. The van der Waals surface area contributed by atoms with Crippen LogP contribution in [0.4, 0.5) is 0 Å². The molecular weight excluding hydrogens is 300 g/mol. The maximum absolute atomic E-state index is 12.6. The highest BCUT2D eigenvalue weighted by Gasteiger charge is 2.40. The molecule has 4 heteroatoms. The molecule has 130 valence electrons. The summed E-state index contributed by atoms with van der Waals surface area (Å²) in [5, 5.41) is 0. The van der Waals surface area contributed by atoms with Crippen molar-refractivity contribution in [1.29, 1.82) is 0 Å². The van der Waals surface area contributed by atoms with Crippen LogP contribution >= 0.6 is 0 Å². The summed E-state index contributed by atoms with van der Waals surface area (Å²) in [4.78, 5) is 29.2. The number of nitrogens with zero attached hydrogens (tertiary/aromatic N) is 2. The SMILES string of the molecule is CCN(CC)C1(CCN2C(=O)c3ccccc3C2=O)CCCCC1. The maximum atomic E-state index is 12.6. The van der Waals surface area contributed by atoms with E-state index < -0.39 is 0 Å². The summed E-state index contributed by atoms with van der Waals surface area (Å²) < 4.78 is 0. The van der Waals surface area contributed by atoms with Crippen LogP contribution in [0.15, 0.2) is 24.3 Å². The van der Waals surface area contributed by atoms with Gasteiger partial charge in [0.25, 0.3) is 11.8 Å². The third kappa shape index (κ3) is 2.88. The van der Waals surface area contributed by atoms with Crippen molar-refractivity contribution >= 4 is 11.8 Å². The zero-order valence-corrected chi connectivity index (χ0v) is 14.9. The van der Waals surface area contributed by atoms with Crippen molar-refractivity contribution in [2.45, 2.75) is 57.9 Å². The van der Waals surface area contributed by atoms with Crippen LogP contribution < -0.4 is 0 Å². The van der Waals surface area contributed by atoms with Crippen molar-refractivity contribution in [2.24, 2.45) is 0 Å². The third-order valence-electron chi connectivity index (χ3n) is 5.90. The van der Waals surface area contributed by atoms with E-state index in [1.807, 2.05) is 12.1 Å². The van der Waals surface area contributed by atoms with Gasteiger partial charge in [-0.1, -0.05) is 45.2 Å². The normalized spacial score (nSPS) is 19.9. The predicted octanol–water partition coefficient (Wildman–Crippen LogP) is 3.72. The van der Waals surface area contributed by atoms with Crippen molar-refractivity contribution in [3.8, 4) is 0 Å². The monoisotopic (exact) mass is 328 g/mol. The van der Waals surface area contributed by atoms with Gasteiger partial charge in [-0.25, -0.2) is 0 Å². The van der Waals surface area contributed by atoms with Crippen molar-refractivity contribution < 1.29 is 9.59 Å². The fourth-order valence-corrected chi connectivity index (χ4v) is 4.59. The Bertz CT molecular complexity index is 581. The predicted molar refractivity (Wildman–Crippen MR) is 95.2 cm³/mol. The van der Waals surface area contributed by atoms with E-state index in [0.29, 0.717) is 17.7 Å². The van der Waals surface area contributed by atoms with Gasteiger partial charge in [0.1, 0.15) is 0 Å². The summed E-state index contributed by atoms with van der Waals surface area (Å²) in [6, 6.07) is 7.17. The third-order valence-corrected chi connectivity index (χ3v) is 5.90. The quantitative estimate of drug-likeness (QED) is 0.747. The zero-order chi connectivity index (χ0) is 17.2. The molecule has 1 fully saturated rings. The summed E-state index contributed by atoms with van der Waals surface area (Å²) in [6.45, 7) is 7.00. The van der Waals surface area contributed by atoms with E-state index in [-0.39, 0.29) is 17.4 Å². The number of benzene rings is 1. The van der Waals surface area contributed by atoms with Gasteiger partial charge in [0.05, 0.1) is 11.1 Å². The number of imide groups is 1. The molecule has 0 N–H and O–H groups in total. The highest BCUT2D eigenvalue weighted by Crippen LogP contribution is 2.37. The molecule has 0 aromatic heterocycles. The molecule has 2 aliphatic rings. The molecule has 0 bridgehead atoms. The number of carbonyl (C=O) groups is 2. The average Bonchev–Trinajstić information content (AvgIpc) is 2.86. The molecule has 3 rings (SSSR count). The van der Waals surface area contributed by atoms with Crippen molar-refractivity contribution in [1.82, 2.24) is 9.80 Å². The van der Waals surface area contributed by atoms with E-state index in [0.717, 1.165) is 19.5 Å². The molecule has 0 unspecified atom stereocenters. The molecule has 0 saturated heterocycles. The molecule has 1 aliphatic heterocycles. The van der Waals surface area contributed by atoms with Gasteiger partial charge in [-0.3, -0.25) is 19.4 Å². The Kier molecular flexibility index (Phi) is 5.04. The second-order valence-corrected chi connectivity index (χ2v) is 7.01. The van der Waals surface area contributed by atoms with Crippen LogP contribution in [0.5, 0.6) is 0 Å². The van der Waals surface area contributed by atoms with Crippen LogP contribution in [-0.4, -0.2) is 46.8 Å². The Morgan fingerprint density at radius 3 is 2.00 bits per heavy atom. The molecule has 1 saturated carbocycles. The topological polar surface area (TPSA) is 40.6 Å². The van der Waals surface area contributed by atoms with Gasteiger partial charge < -0.3 is 0 Å². The average molecular weight is 328 g/mol. The molecule has 0 radical (unpaired) electrons. The van der Waals surface area contributed by atoms with Gasteiger partial charge in [-0.05, 0) is 44.5 Å². The Morgan fingerprint density at radius 2 is 1.50 bits per heavy atom. The smallest absolute Gasteiger partial charge is 0.261 e. The molecule has 0 spiro atoms. The van der Waals surface area contributed by atoms with Crippen LogP contribution in [-0.2, 0) is 0 Å². The lowest BCUT2D eigenvalue weighted by Crippen LogP contribution is -2.52. The minimum Gasteiger partial charge on any atom is -0.298 e. The lowest BCUT2D eigenvalue weighted by molar-refractivity contribution is 0.0376. The van der Waals surface area contributed by atoms with Crippen molar-refractivity contribution in [2.75, 3.05) is 19.6 Å². The first-order chi connectivity index (χ1) is 11.6. The molecule has 2 amide bonds. The number of rotatable bonds is 6. The first kappa shape index (κ1) is 17.2. The molecule has 1 heterocycles. The molecule has 1 aromatic rings. The molecule has 1 aliphatic carbocycles. The second kappa shape index (κ2) is 7.06. The minimum absolute atomic E-state index is 0.124. The fraction of sp³-hybridized carbons (Fsp3) is 0.600. The summed E-state index contributed by atoms with van der Waals surface area (Å²) in [7, 11) is 0. The Hall–Kier alpha value is -1.68. The lowest BCUT2D eigenvalue weighted by Gasteiger charge is -2.46. The zero-order valence-electron chi connectivity index (χ0n) is 14.9. The number of fused-ring (bicyclic) bond motifs is 1. The number of carbonyl (C=O) groups excluding carboxylic acids is 2. The maximum Gasteiger partial charge on any atom is 0.261 e. The van der Waals surface area contributed by atoms with Gasteiger partial charge in [-0.15, -0.1) is 0 Å². The van der Waals surface area contributed by atoms with Crippen LogP contribution in [0.25, 0.3) is 0 Å². The summed E-state index contributed by atoms with van der Waals surface area (Å²) >= 11 is 0. The van der Waals surface area contributed by atoms with Crippen LogP contribution in [0.1, 0.15) is 73.1 Å². The van der Waals surface area contributed by atoms with E-state index in [4.69, 9.17) is 0 Å². The van der Waals surface area contributed by atoms with Crippen molar-refractivity contribution in [3.63, 3.8) is 0 Å². The summed E-state index contributed by atoms with van der Waals surface area (Å²) in [5.41, 5.74) is 1.27. The first-order valence-corrected chi connectivity index (χ1v) is 9.33. The Labute approximate surface area is 144 Å². The Balaban J connectivity index is 1.76. The highest BCUT2D eigenvalue weighted by molar-refractivity contribution is 6.21. The molecule has 24 heavy (non-hydrogen) atoms. The van der Waals surface area contributed by atoms with Crippen molar-refractivity contribution in [3.05, 3.63) is 35.4 Å². The van der Waals surface area contributed by atoms with Gasteiger partial charge in [0.15, 0.2) is 0 Å². The van der Waals surface area contributed by atoms with Gasteiger partial charge in [0.2, 0.25) is 0 Å². The standard InChI is InChI=1S/C20H28N2O2/c1-3-21(4-2)20(12-8-5-9-13-20)14-15-22-18(23)16-10-6-7-11-17(16)19(22)24/h6-7,10-11H,3-5,8-9,12-15H2,1-2H3. The fourth-order valence-electron chi connectivity index (χ4n) is 4.59. The van der Waals surface area contributed by atoms with Gasteiger partial charge >= 0.3 is 0 Å². The van der Waals surface area contributed by atoms with E-state index in [2.05, 4.69) is 18.7 Å². The number of hydrogen-bond donors (Lipinski definition) is 0. The molecule has 4 nitrogen and oxygen atoms in total. The second-order valence-electron chi connectivity index (χ2n) is 7.01. The summed E-state index contributed by atoms with van der Waals surface area (Å²) in [5.74, 6) is -0.248. The van der Waals surface area contributed by atoms with E-state index in [1.165, 1.54) is 37.0 Å². The highest BCUT2D eigenvalue weighted by atomic mass is 16.2. The van der Waals surface area contributed by atoms with Crippen LogP contribution in [0, 0.1) is 0 Å². The lowest BCUT2D eigenvalue weighted by atomic mass is 9.77.